The normalized spacial score (nSPS) is 18.0. The fraction of sp³-hybridized carbons (Fsp3) is 0.292. The Kier molecular flexibility index (Phi) is 6.68. The van der Waals surface area contributed by atoms with Gasteiger partial charge >= 0.3 is 0 Å². The summed E-state index contributed by atoms with van der Waals surface area (Å²) >= 11 is 0.892. The molecule has 3 N–H and O–H groups in total. The van der Waals surface area contributed by atoms with Crippen LogP contribution in [-0.2, 0) is 11.3 Å². The van der Waals surface area contributed by atoms with Crippen molar-refractivity contribution in [1.82, 2.24) is 30.8 Å². The first-order valence-electron chi connectivity index (χ1n) is 11.3. The van der Waals surface area contributed by atoms with E-state index in [4.69, 9.17) is 0 Å². The van der Waals surface area contributed by atoms with Crippen molar-refractivity contribution in [3.63, 3.8) is 0 Å². The predicted octanol–water partition coefficient (Wildman–Crippen LogP) is 3.20. The van der Waals surface area contributed by atoms with Gasteiger partial charge in [0.25, 0.3) is 11.1 Å². The second kappa shape index (κ2) is 10.2. The highest BCUT2D eigenvalue weighted by Crippen LogP contribution is 2.26. The van der Waals surface area contributed by atoms with E-state index in [1.54, 1.807) is 24.5 Å². The Hall–Kier alpha value is -3.50. The molecule has 174 valence electrons. The molecule has 5 rings (SSSR count). The summed E-state index contributed by atoms with van der Waals surface area (Å²) in [5, 5.41) is 12.5. The Morgan fingerprint density at radius 1 is 1.15 bits per heavy atom. The van der Waals surface area contributed by atoms with Gasteiger partial charge in [-0.2, -0.15) is 5.10 Å². The minimum absolute atomic E-state index is 0.355. The molecule has 34 heavy (non-hydrogen) atoms. The van der Waals surface area contributed by atoms with Gasteiger partial charge in [-0.25, -0.2) is 9.97 Å². The number of thioether (sulfide) groups is 1. The molecular weight excluding hydrogens is 450 g/mol. The lowest BCUT2D eigenvalue weighted by Gasteiger charge is -2.32. The van der Waals surface area contributed by atoms with E-state index in [9.17, 15) is 9.59 Å². The van der Waals surface area contributed by atoms with Gasteiger partial charge in [0, 0.05) is 32.0 Å². The molecule has 2 amide bonds. The van der Waals surface area contributed by atoms with Crippen LogP contribution in [0.3, 0.4) is 0 Å². The number of benzene rings is 1. The standard InChI is InChI=1S/C24H25N7O2S/c32-22-21(34-24(33)29-22)13-19-4-8-26-23(28-19)31-10-6-16(7-11-31)14-25-15-17-2-1-3-18(12-17)20-5-9-27-30-20/h1-5,8-9,12-13,16,25H,6-7,10-11,14-15H2,(H,27,30)(H,29,32,33). The number of aromatic nitrogens is 4. The fourth-order valence-corrected chi connectivity index (χ4v) is 4.84. The number of piperidine rings is 1. The van der Waals surface area contributed by atoms with E-state index >= 15 is 0 Å². The van der Waals surface area contributed by atoms with E-state index in [1.807, 2.05) is 6.07 Å². The maximum Gasteiger partial charge on any atom is 0.290 e. The molecule has 2 aliphatic rings. The summed E-state index contributed by atoms with van der Waals surface area (Å²) in [6, 6.07) is 12.2. The summed E-state index contributed by atoms with van der Waals surface area (Å²) < 4.78 is 0. The second-order valence-electron chi connectivity index (χ2n) is 8.37. The largest absolute Gasteiger partial charge is 0.341 e. The quantitative estimate of drug-likeness (QED) is 0.446. The summed E-state index contributed by atoms with van der Waals surface area (Å²) in [6.45, 7) is 3.57. The van der Waals surface area contributed by atoms with Gasteiger partial charge in [-0.1, -0.05) is 18.2 Å². The molecule has 0 atom stereocenters. The van der Waals surface area contributed by atoms with Crippen molar-refractivity contribution in [2.75, 3.05) is 24.5 Å². The molecule has 0 bridgehead atoms. The number of carbonyl (C=O) groups excluding carboxylic acids is 2. The molecule has 3 aromatic rings. The van der Waals surface area contributed by atoms with Crippen LogP contribution in [0.25, 0.3) is 17.3 Å². The summed E-state index contributed by atoms with van der Waals surface area (Å²) in [5.41, 5.74) is 4.04. The summed E-state index contributed by atoms with van der Waals surface area (Å²) in [6.07, 6.45) is 7.21. The molecule has 4 heterocycles. The molecule has 9 nitrogen and oxygen atoms in total. The van der Waals surface area contributed by atoms with Gasteiger partial charge in [-0.05, 0) is 72.5 Å². The summed E-state index contributed by atoms with van der Waals surface area (Å²) in [7, 11) is 0. The highest BCUT2D eigenvalue weighted by atomic mass is 32.2. The number of nitrogens with one attached hydrogen (secondary N) is 3. The number of hydrogen-bond donors (Lipinski definition) is 3. The van der Waals surface area contributed by atoms with E-state index in [-0.39, 0.29) is 11.1 Å². The number of nitrogens with zero attached hydrogens (tertiary/aromatic N) is 4. The Balaban J connectivity index is 1.11. The van der Waals surface area contributed by atoms with E-state index in [1.165, 1.54) is 5.56 Å². The predicted molar refractivity (Wildman–Crippen MR) is 132 cm³/mol. The van der Waals surface area contributed by atoms with E-state index in [0.717, 1.165) is 62.0 Å². The third kappa shape index (κ3) is 5.35. The van der Waals surface area contributed by atoms with Crippen LogP contribution in [0.1, 0.15) is 24.1 Å². The first-order valence-corrected chi connectivity index (χ1v) is 12.1. The average Bonchev–Trinajstić information content (AvgIpc) is 3.50. The van der Waals surface area contributed by atoms with Crippen LogP contribution in [0, 0.1) is 5.92 Å². The van der Waals surface area contributed by atoms with E-state index < -0.39 is 0 Å². The van der Waals surface area contributed by atoms with Gasteiger partial charge in [0.15, 0.2) is 0 Å². The first kappa shape index (κ1) is 22.3. The monoisotopic (exact) mass is 475 g/mol. The number of imide groups is 1. The highest BCUT2D eigenvalue weighted by Gasteiger charge is 2.25. The van der Waals surface area contributed by atoms with Crippen molar-refractivity contribution in [2.45, 2.75) is 19.4 Å². The molecule has 10 heteroatoms. The molecule has 2 aliphatic heterocycles. The van der Waals surface area contributed by atoms with Crippen LogP contribution in [0.5, 0.6) is 0 Å². The zero-order valence-electron chi connectivity index (χ0n) is 18.5. The van der Waals surface area contributed by atoms with Crippen LogP contribution >= 0.6 is 11.8 Å². The van der Waals surface area contributed by atoms with E-state index in [2.05, 4.69) is 60.0 Å². The van der Waals surface area contributed by atoms with Crippen molar-refractivity contribution in [3.8, 4) is 11.3 Å². The average molecular weight is 476 g/mol. The zero-order chi connectivity index (χ0) is 23.3. The maximum absolute atomic E-state index is 11.8. The van der Waals surface area contributed by atoms with Crippen LogP contribution in [0.2, 0.25) is 0 Å². The smallest absolute Gasteiger partial charge is 0.290 e. The molecule has 2 saturated heterocycles. The molecular formula is C24H25N7O2S. The Labute approximate surface area is 201 Å². The van der Waals surface area contributed by atoms with Crippen molar-refractivity contribution in [1.29, 1.82) is 0 Å². The lowest BCUT2D eigenvalue weighted by molar-refractivity contribution is -0.115. The van der Waals surface area contributed by atoms with Gasteiger partial charge < -0.3 is 10.2 Å². The molecule has 0 spiro atoms. The van der Waals surface area contributed by atoms with Crippen LogP contribution in [0.15, 0.2) is 53.7 Å². The number of aromatic amines is 1. The lowest BCUT2D eigenvalue weighted by Crippen LogP contribution is -2.38. The van der Waals surface area contributed by atoms with Crippen LogP contribution < -0.4 is 15.5 Å². The number of anilines is 1. The number of hydrogen-bond acceptors (Lipinski definition) is 8. The summed E-state index contributed by atoms with van der Waals surface area (Å²) in [5.74, 6) is 0.879. The third-order valence-electron chi connectivity index (χ3n) is 5.98. The van der Waals surface area contributed by atoms with E-state index in [0.29, 0.717) is 22.5 Å². The maximum atomic E-state index is 11.8. The summed E-state index contributed by atoms with van der Waals surface area (Å²) in [4.78, 5) is 34.7. The van der Waals surface area contributed by atoms with Gasteiger partial charge in [0.05, 0.1) is 16.3 Å². The molecule has 0 radical (unpaired) electrons. The molecule has 2 fully saturated rings. The minimum Gasteiger partial charge on any atom is -0.341 e. The van der Waals surface area contributed by atoms with Crippen molar-refractivity contribution in [3.05, 3.63) is 65.0 Å². The van der Waals surface area contributed by atoms with Gasteiger partial charge in [0.1, 0.15) is 0 Å². The van der Waals surface area contributed by atoms with Gasteiger partial charge in [-0.15, -0.1) is 0 Å². The number of H-pyrrole nitrogens is 1. The Morgan fingerprint density at radius 2 is 2.03 bits per heavy atom. The highest BCUT2D eigenvalue weighted by molar-refractivity contribution is 8.18. The van der Waals surface area contributed by atoms with Crippen molar-refractivity contribution < 1.29 is 9.59 Å². The minimum atomic E-state index is -0.378. The molecule has 2 aromatic heterocycles. The third-order valence-corrected chi connectivity index (χ3v) is 6.79. The Bertz CT molecular complexity index is 1200. The van der Waals surface area contributed by atoms with Gasteiger partial charge in [-0.3, -0.25) is 20.0 Å². The van der Waals surface area contributed by atoms with Gasteiger partial charge in [0.2, 0.25) is 5.95 Å². The van der Waals surface area contributed by atoms with Crippen LogP contribution in [-0.4, -0.2) is 50.9 Å². The fourth-order valence-electron chi connectivity index (χ4n) is 4.17. The first-order chi connectivity index (χ1) is 16.6. The molecule has 0 saturated carbocycles. The van der Waals surface area contributed by atoms with Crippen LogP contribution in [0.4, 0.5) is 10.7 Å². The second-order valence-corrected chi connectivity index (χ2v) is 9.38. The Morgan fingerprint density at radius 3 is 2.79 bits per heavy atom. The van der Waals surface area contributed by atoms with Crippen molar-refractivity contribution >= 4 is 34.9 Å². The molecule has 0 unspecified atom stereocenters. The van der Waals surface area contributed by atoms with Crippen molar-refractivity contribution in [2.24, 2.45) is 5.92 Å². The number of rotatable bonds is 7. The molecule has 1 aromatic carbocycles. The SMILES string of the molecule is O=C1NC(=O)C(=Cc2ccnc(N3CCC(CNCc4cccc(-c5ccn[nH]5)c4)CC3)n2)S1. The number of carbonyl (C=O) groups is 2. The zero-order valence-corrected chi connectivity index (χ0v) is 19.3. The lowest BCUT2D eigenvalue weighted by atomic mass is 9.97. The topological polar surface area (TPSA) is 116 Å². The molecule has 0 aliphatic carbocycles. The number of amides is 2.